The van der Waals surface area contributed by atoms with Gasteiger partial charge < -0.3 is 10.2 Å². The summed E-state index contributed by atoms with van der Waals surface area (Å²) >= 11 is 2.87. The second-order valence-electron chi connectivity index (χ2n) is 5.32. The minimum absolute atomic E-state index is 0.0709. The highest BCUT2D eigenvalue weighted by Crippen LogP contribution is 2.29. The summed E-state index contributed by atoms with van der Waals surface area (Å²) < 4.78 is 1.89. The Morgan fingerprint density at radius 1 is 1.42 bits per heavy atom. The van der Waals surface area contributed by atoms with E-state index in [1.54, 1.807) is 6.92 Å². The van der Waals surface area contributed by atoms with Gasteiger partial charge in [-0.25, -0.2) is 10.4 Å². The van der Waals surface area contributed by atoms with Crippen molar-refractivity contribution in [1.29, 1.82) is 0 Å². The fourth-order valence-corrected chi connectivity index (χ4v) is 4.02. The van der Waals surface area contributed by atoms with Gasteiger partial charge in [0.05, 0.1) is 34.5 Å². The van der Waals surface area contributed by atoms with Gasteiger partial charge in [-0.2, -0.15) is 5.10 Å². The van der Waals surface area contributed by atoms with Crippen LogP contribution in [0.15, 0.2) is 39.9 Å². The van der Waals surface area contributed by atoms with E-state index in [-0.39, 0.29) is 24.0 Å². The molecule has 3 rings (SSSR count). The van der Waals surface area contributed by atoms with Crippen molar-refractivity contribution in [2.45, 2.75) is 17.9 Å². The molecule has 0 unspecified atom stereocenters. The number of thioether (sulfide) groups is 1. The number of aliphatic hydroxyl groups excluding tert-OH is 1. The topological polar surface area (TPSA) is 108 Å². The number of hydrogen-bond donors (Lipinski definition) is 3. The van der Waals surface area contributed by atoms with Crippen LogP contribution >= 0.6 is 23.1 Å². The van der Waals surface area contributed by atoms with E-state index < -0.39 is 0 Å². The van der Waals surface area contributed by atoms with Crippen molar-refractivity contribution in [3.8, 4) is 5.75 Å². The number of nitrogens with zero attached hydrogens (tertiary/aromatic N) is 3. The number of carbonyl (C=O) groups is 1. The molecule has 3 aromatic rings. The number of aromatic hydroxyl groups is 1. The number of hydrazone groups is 1. The summed E-state index contributed by atoms with van der Waals surface area (Å²) in [5, 5.41) is 23.2. The van der Waals surface area contributed by atoms with Crippen LogP contribution in [0.5, 0.6) is 5.75 Å². The number of para-hydroxylation sites is 1. The van der Waals surface area contributed by atoms with Crippen LogP contribution in [0.25, 0.3) is 10.2 Å². The molecule has 0 radical (unpaired) electrons. The summed E-state index contributed by atoms with van der Waals surface area (Å²) in [4.78, 5) is 20.4. The lowest BCUT2D eigenvalue weighted by Gasteiger charge is -2.06. The fraction of sp³-hybridized carbons (Fsp3) is 0.176. The van der Waals surface area contributed by atoms with Crippen LogP contribution in [-0.4, -0.2) is 38.1 Å². The lowest BCUT2D eigenvalue weighted by Crippen LogP contribution is -2.19. The molecule has 0 spiro atoms. The summed E-state index contributed by atoms with van der Waals surface area (Å²) in [6.07, 6.45) is 2.76. The third-order valence-electron chi connectivity index (χ3n) is 3.51. The molecule has 7 nitrogen and oxygen atoms in total. The Bertz CT molecular complexity index is 939. The summed E-state index contributed by atoms with van der Waals surface area (Å²) in [7, 11) is 0. The van der Waals surface area contributed by atoms with Crippen molar-refractivity contribution in [3.63, 3.8) is 0 Å². The van der Waals surface area contributed by atoms with Crippen molar-refractivity contribution >= 4 is 45.4 Å². The normalized spacial score (nSPS) is 11.3. The van der Waals surface area contributed by atoms with E-state index in [1.807, 2.05) is 24.3 Å². The number of aryl methyl sites for hydroxylation is 1. The molecule has 3 N–H and O–H groups in total. The number of benzene rings is 1. The number of nitrogens with one attached hydrogen (secondary N) is 1. The maximum Gasteiger partial charge on any atom is 0.250 e. The molecule has 0 atom stereocenters. The zero-order valence-electron chi connectivity index (χ0n) is 13.8. The molecule has 0 aliphatic carbocycles. The molecule has 2 aromatic heterocycles. The Balaban J connectivity index is 1.59. The first-order valence-electron chi connectivity index (χ1n) is 7.67. The lowest BCUT2D eigenvalue weighted by atomic mass is 10.1. The van der Waals surface area contributed by atoms with Crippen LogP contribution in [0.3, 0.4) is 0 Å². The molecular formula is C17H16N4O3S2. The number of aliphatic hydroxyl groups is 1. The predicted octanol–water partition coefficient (Wildman–Crippen LogP) is 2.44. The minimum atomic E-state index is -0.290. The molecule has 0 aliphatic heterocycles. The largest absolute Gasteiger partial charge is 0.505 e. The maximum atomic E-state index is 11.9. The molecule has 9 heteroatoms. The number of aromatic nitrogens is 2. The van der Waals surface area contributed by atoms with Crippen molar-refractivity contribution in [3.05, 3.63) is 47.3 Å². The maximum absolute atomic E-state index is 11.9. The van der Waals surface area contributed by atoms with E-state index in [0.29, 0.717) is 16.8 Å². The van der Waals surface area contributed by atoms with Crippen molar-refractivity contribution in [2.24, 2.45) is 5.10 Å². The van der Waals surface area contributed by atoms with Crippen molar-refractivity contribution < 1.29 is 15.0 Å². The second kappa shape index (κ2) is 8.26. The van der Waals surface area contributed by atoms with E-state index in [4.69, 9.17) is 0 Å². The number of carbonyl (C=O) groups excluding carboxylic acids is 1. The highest BCUT2D eigenvalue weighted by atomic mass is 32.2. The predicted molar refractivity (Wildman–Crippen MR) is 103 cm³/mol. The molecule has 1 aromatic carbocycles. The Morgan fingerprint density at radius 2 is 2.23 bits per heavy atom. The zero-order chi connectivity index (χ0) is 18.5. The van der Waals surface area contributed by atoms with Gasteiger partial charge in [0.2, 0.25) is 0 Å². The van der Waals surface area contributed by atoms with Crippen LogP contribution in [0.4, 0.5) is 0 Å². The molecular weight excluding hydrogens is 372 g/mol. The van der Waals surface area contributed by atoms with E-state index in [2.05, 4.69) is 20.5 Å². The van der Waals surface area contributed by atoms with Gasteiger partial charge in [0.1, 0.15) is 5.75 Å². The van der Waals surface area contributed by atoms with Gasteiger partial charge in [-0.05, 0) is 19.1 Å². The molecule has 0 aliphatic rings. The first-order chi connectivity index (χ1) is 12.6. The average Bonchev–Trinajstić information content (AvgIpc) is 3.06. The second-order valence-corrected chi connectivity index (χ2v) is 7.57. The number of pyridine rings is 1. The molecule has 0 saturated heterocycles. The monoisotopic (exact) mass is 388 g/mol. The molecule has 0 saturated carbocycles. The number of amides is 1. The Labute approximate surface area is 157 Å². The summed E-state index contributed by atoms with van der Waals surface area (Å²) in [6.45, 7) is 1.35. The highest BCUT2D eigenvalue weighted by molar-refractivity contribution is 8.01. The Morgan fingerprint density at radius 3 is 3.00 bits per heavy atom. The minimum Gasteiger partial charge on any atom is -0.505 e. The molecule has 134 valence electrons. The summed E-state index contributed by atoms with van der Waals surface area (Å²) in [5.41, 5.74) is 4.50. The quantitative estimate of drug-likeness (QED) is 0.340. The summed E-state index contributed by atoms with van der Waals surface area (Å²) in [5.74, 6) is -0.189. The van der Waals surface area contributed by atoms with Crippen LogP contribution in [0.2, 0.25) is 0 Å². The van der Waals surface area contributed by atoms with Crippen LogP contribution in [-0.2, 0) is 11.4 Å². The molecule has 0 bridgehead atoms. The number of rotatable bonds is 6. The van der Waals surface area contributed by atoms with Gasteiger partial charge in [-0.15, -0.1) is 11.3 Å². The third-order valence-corrected chi connectivity index (χ3v) is 5.69. The third kappa shape index (κ3) is 4.18. The van der Waals surface area contributed by atoms with E-state index in [1.165, 1.54) is 35.5 Å². The Kier molecular flexibility index (Phi) is 5.82. The first kappa shape index (κ1) is 18.3. The number of hydrogen-bond acceptors (Lipinski definition) is 8. The van der Waals surface area contributed by atoms with Gasteiger partial charge >= 0.3 is 0 Å². The fourth-order valence-electron chi connectivity index (χ4n) is 2.16. The highest BCUT2D eigenvalue weighted by Gasteiger charge is 2.10. The van der Waals surface area contributed by atoms with E-state index in [9.17, 15) is 15.0 Å². The number of thiazole rings is 1. The smallest absolute Gasteiger partial charge is 0.250 e. The van der Waals surface area contributed by atoms with Gasteiger partial charge in [0, 0.05) is 17.3 Å². The van der Waals surface area contributed by atoms with E-state index >= 15 is 0 Å². The standard InChI is InChI=1S/C17H16N4O3S2/c1-10-16(24)12(11(8-22)6-18-10)7-19-21-15(23)9-25-17-20-13-4-2-3-5-14(13)26-17/h2-7,22,24H,8-9H2,1H3,(H,21,23)/b19-7+. The van der Waals surface area contributed by atoms with Crippen molar-refractivity contribution in [1.82, 2.24) is 15.4 Å². The van der Waals surface area contributed by atoms with Gasteiger partial charge in [-0.1, -0.05) is 23.9 Å². The van der Waals surface area contributed by atoms with Crippen LogP contribution < -0.4 is 5.43 Å². The SMILES string of the molecule is Cc1ncc(CO)c(/C=N/NC(=O)CSc2nc3ccccc3s2)c1O. The first-order valence-corrected chi connectivity index (χ1v) is 9.47. The van der Waals surface area contributed by atoms with Gasteiger partial charge in [-0.3, -0.25) is 9.78 Å². The molecule has 1 amide bonds. The average molecular weight is 388 g/mol. The summed E-state index contributed by atoms with van der Waals surface area (Å²) in [6, 6.07) is 7.80. The van der Waals surface area contributed by atoms with Crippen molar-refractivity contribution in [2.75, 3.05) is 5.75 Å². The molecule has 2 heterocycles. The van der Waals surface area contributed by atoms with Crippen LogP contribution in [0.1, 0.15) is 16.8 Å². The van der Waals surface area contributed by atoms with Gasteiger partial charge in [0.25, 0.3) is 5.91 Å². The Hall–Kier alpha value is -2.49. The molecule has 26 heavy (non-hydrogen) atoms. The lowest BCUT2D eigenvalue weighted by molar-refractivity contribution is -0.118. The van der Waals surface area contributed by atoms with Crippen LogP contribution in [0, 0.1) is 6.92 Å². The number of fused-ring (bicyclic) bond motifs is 1. The van der Waals surface area contributed by atoms with Gasteiger partial charge in [0.15, 0.2) is 4.34 Å². The zero-order valence-corrected chi connectivity index (χ0v) is 15.5. The van der Waals surface area contributed by atoms with E-state index in [0.717, 1.165) is 14.6 Å². The molecule has 0 fully saturated rings.